The fourth-order valence-corrected chi connectivity index (χ4v) is 3.33. The van der Waals surface area contributed by atoms with Gasteiger partial charge in [-0.1, -0.05) is 0 Å². The van der Waals surface area contributed by atoms with Crippen LogP contribution in [-0.4, -0.2) is 74.4 Å². The Kier molecular flexibility index (Phi) is 3.66. The first-order valence-corrected chi connectivity index (χ1v) is 7.11. The molecule has 0 aromatic heterocycles. The van der Waals surface area contributed by atoms with Crippen LogP contribution in [0.5, 0.6) is 0 Å². The molecule has 98 valence electrons. The van der Waals surface area contributed by atoms with Crippen LogP contribution in [0.3, 0.4) is 0 Å². The maximum absolute atomic E-state index is 5.49. The van der Waals surface area contributed by atoms with Crippen molar-refractivity contribution in [3.63, 3.8) is 0 Å². The Bertz CT molecular complexity index is 243. The average molecular weight is 239 g/mol. The molecule has 2 unspecified atom stereocenters. The fourth-order valence-electron chi connectivity index (χ4n) is 3.33. The monoisotopic (exact) mass is 239 g/mol. The van der Waals surface area contributed by atoms with Crippen molar-refractivity contribution in [2.75, 3.05) is 52.5 Å². The predicted octanol–water partition coefficient (Wildman–Crippen LogP) is 0.000800. The molecule has 0 spiro atoms. The Morgan fingerprint density at radius 2 is 2.00 bits per heavy atom. The first-order valence-electron chi connectivity index (χ1n) is 7.11. The van der Waals surface area contributed by atoms with Gasteiger partial charge in [-0.05, 0) is 19.3 Å². The standard InChI is InChI=1S/C13H25N3O/c1-11(12-2-7-17-10-12)16-8-13(9-16)15-5-3-14-4-6-15/h11-14H,2-10H2,1H3. The van der Waals surface area contributed by atoms with Crippen LogP contribution in [0.2, 0.25) is 0 Å². The van der Waals surface area contributed by atoms with Gasteiger partial charge < -0.3 is 10.1 Å². The Labute approximate surface area is 104 Å². The fraction of sp³-hybridized carbons (Fsp3) is 1.00. The highest BCUT2D eigenvalue weighted by Crippen LogP contribution is 2.26. The van der Waals surface area contributed by atoms with E-state index in [0.717, 1.165) is 31.2 Å². The summed E-state index contributed by atoms with van der Waals surface area (Å²) in [6.45, 7) is 11.7. The van der Waals surface area contributed by atoms with Gasteiger partial charge in [0.25, 0.3) is 0 Å². The second kappa shape index (κ2) is 5.22. The normalized spacial score (nSPS) is 34.8. The van der Waals surface area contributed by atoms with Gasteiger partial charge in [-0.25, -0.2) is 0 Å². The molecule has 0 aliphatic carbocycles. The minimum atomic E-state index is 0.719. The zero-order valence-corrected chi connectivity index (χ0v) is 10.9. The van der Waals surface area contributed by atoms with E-state index < -0.39 is 0 Å². The Hall–Kier alpha value is -0.160. The van der Waals surface area contributed by atoms with Crippen molar-refractivity contribution in [2.45, 2.75) is 25.4 Å². The molecule has 3 aliphatic rings. The highest BCUT2D eigenvalue weighted by molar-refractivity contribution is 4.94. The lowest BCUT2D eigenvalue weighted by Crippen LogP contribution is -2.65. The summed E-state index contributed by atoms with van der Waals surface area (Å²) in [4.78, 5) is 5.30. The van der Waals surface area contributed by atoms with Crippen LogP contribution in [0, 0.1) is 5.92 Å². The highest BCUT2D eigenvalue weighted by atomic mass is 16.5. The first-order chi connectivity index (χ1) is 8.34. The molecule has 3 fully saturated rings. The summed E-state index contributed by atoms with van der Waals surface area (Å²) < 4.78 is 5.49. The molecule has 3 aliphatic heterocycles. The topological polar surface area (TPSA) is 27.7 Å². The number of likely N-dealkylation sites (tertiary alicyclic amines) is 1. The highest BCUT2D eigenvalue weighted by Gasteiger charge is 2.37. The van der Waals surface area contributed by atoms with Crippen LogP contribution < -0.4 is 5.32 Å². The van der Waals surface area contributed by atoms with Crippen LogP contribution >= 0.6 is 0 Å². The second-order valence-corrected chi connectivity index (χ2v) is 5.76. The molecular formula is C13H25N3O. The molecule has 17 heavy (non-hydrogen) atoms. The van der Waals surface area contributed by atoms with E-state index in [-0.39, 0.29) is 0 Å². The summed E-state index contributed by atoms with van der Waals surface area (Å²) in [7, 11) is 0. The van der Waals surface area contributed by atoms with E-state index in [1.165, 1.54) is 45.7 Å². The van der Waals surface area contributed by atoms with E-state index in [2.05, 4.69) is 22.0 Å². The van der Waals surface area contributed by atoms with Crippen molar-refractivity contribution in [2.24, 2.45) is 5.92 Å². The second-order valence-electron chi connectivity index (χ2n) is 5.76. The Morgan fingerprint density at radius 3 is 2.65 bits per heavy atom. The van der Waals surface area contributed by atoms with E-state index >= 15 is 0 Å². The molecule has 4 nitrogen and oxygen atoms in total. The Morgan fingerprint density at radius 1 is 1.24 bits per heavy atom. The molecule has 0 aromatic rings. The van der Waals surface area contributed by atoms with Crippen molar-refractivity contribution >= 4 is 0 Å². The van der Waals surface area contributed by atoms with Gasteiger partial charge in [0.2, 0.25) is 0 Å². The van der Waals surface area contributed by atoms with Crippen LogP contribution in [0.4, 0.5) is 0 Å². The Balaban J connectivity index is 1.43. The van der Waals surface area contributed by atoms with E-state index in [1.54, 1.807) is 0 Å². The molecule has 4 heteroatoms. The number of hydrogen-bond acceptors (Lipinski definition) is 4. The number of nitrogens with zero attached hydrogens (tertiary/aromatic N) is 2. The van der Waals surface area contributed by atoms with Gasteiger partial charge >= 0.3 is 0 Å². The van der Waals surface area contributed by atoms with Gasteiger partial charge in [0.1, 0.15) is 0 Å². The number of rotatable bonds is 3. The minimum Gasteiger partial charge on any atom is -0.381 e. The van der Waals surface area contributed by atoms with Crippen LogP contribution in [-0.2, 0) is 4.74 Å². The molecule has 0 amide bonds. The lowest BCUT2D eigenvalue weighted by molar-refractivity contribution is -0.0127. The molecule has 3 saturated heterocycles. The van der Waals surface area contributed by atoms with E-state index in [4.69, 9.17) is 4.74 Å². The van der Waals surface area contributed by atoms with Crippen molar-refractivity contribution in [3.8, 4) is 0 Å². The zero-order valence-electron chi connectivity index (χ0n) is 10.9. The molecule has 1 N–H and O–H groups in total. The van der Waals surface area contributed by atoms with Gasteiger partial charge in [-0.2, -0.15) is 0 Å². The quantitative estimate of drug-likeness (QED) is 0.750. The van der Waals surface area contributed by atoms with Crippen molar-refractivity contribution in [1.82, 2.24) is 15.1 Å². The minimum absolute atomic E-state index is 0.719. The SMILES string of the molecule is CC(C1CCOC1)N1CC(N2CCNCC2)C1. The smallest absolute Gasteiger partial charge is 0.0509 e. The third kappa shape index (κ3) is 2.50. The number of ether oxygens (including phenoxy) is 1. The maximum Gasteiger partial charge on any atom is 0.0509 e. The van der Waals surface area contributed by atoms with E-state index in [9.17, 15) is 0 Å². The third-order valence-electron chi connectivity index (χ3n) is 4.78. The average Bonchev–Trinajstić information content (AvgIpc) is 2.81. The zero-order chi connectivity index (χ0) is 11.7. The predicted molar refractivity (Wildman–Crippen MR) is 68.2 cm³/mol. The summed E-state index contributed by atoms with van der Waals surface area (Å²) in [6.07, 6.45) is 1.26. The largest absolute Gasteiger partial charge is 0.381 e. The summed E-state index contributed by atoms with van der Waals surface area (Å²) in [5, 5.41) is 3.42. The molecule has 0 bridgehead atoms. The van der Waals surface area contributed by atoms with Crippen LogP contribution in [0.1, 0.15) is 13.3 Å². The number of hydrogen-bond donors (Lipinski definition) is 1. The van der Waals surface area contributed by atoms with E-state index in [1.807, 2.05) is 0 Å². The molecular weight excluding hydrogens is 214 g/mol. The summed E-state index contributed by atoms with van der Waals surface area (Å²) in [5.41, 5.74) is 0. The summed E-state index contributed by atoms with van der Waals surface area (Å²) in [6, 6.07) is 1.54. The van der Waals surface area contributed by atoms with Gasteiger partial charge in [-0.15, -0.1) is 0 Å². The first kappa shape index (κ1) is 11.9. The molecule has 0 saturated carbocycles. The molecule has 3 heterocycles. The van der Waals surface area contributed by atoms with E-state index in [0.29, 0.717) is 0 Å². The maximum atomic E-state index is 5.49. The van der Waals surface area contributed by atoms with Crippen molar-refractivity contribution in [1.29, 1.82) is 0 Å². The lowest BCUT2D eigenvalue weighted by Gasteiger charge is -2.50. The third-order valence-corrected chi connectivity index (χ3v) is 4.78. The lowest BCUT2D eigenvalue weighted by atomic mass is 9.94. The van der Waals surface area contributed by atoms with Gasteiger partial charge in [-0.3, -0.25) is 9.80 Å². The molecule has 0 aromatic carbocycles. The molecule has 2 atom stereocenters. The van der Waals surface area contributed by atoms with Crippen molar-refractivity contribution < 1.29 is 4.74 Å². The summed E-state index contributed by atoms with van der Waals surface area (Å²) in [5.74, 6) is 0.777. The van der Waals surface area contributed by atoms with Crippen LogP contribution in [0.15, 0.2) is 0 Å². The van der Waals surface area contributed by atoms with Crippen molar-refractivity contribution in [3.05, 3.63) is 0 Å². The van der Waals surface area contributed by atoms with Gasteiger partial charge in [0.15, 0.2) is 0 Å². The van der Waals surface area contributed by atoms with Gasteiger partial charge in [0.05, 0.1) is 6.61 Å². The molecule has 3 rings (SSSR count). The number of piperazine rings is 1. The molecule has 0 radical (unpaired) electrons. The van der Waals surface area contributed by atoms with Gasteiger partial charge in [0, 0.05) is 58.0 Å². The van der Waals surface area contributed by atoms with Crippen LogP contribution in [0.25, 0.3) is 0 Å². The number of nitrogens with one attached hydrogen (secondary N) is 1. The summed E-state index contributed by atoms with van der Waals surface area (Å²) >= 11 is 0.